The molecule has 1 aliphatic rings. The Balaban J connectivity index is 1.88. The van der Waals surface area contributed by atoms with E-state index in [1.807, 2.05) is 24.3 Å². The molecule has 24 heavy (non-hydrogen) atoms. The van der Waals surface area contributed by atoms with Crippen molar-refractivity contribution in [3.8, 4) is 0 Å². The molecule has 0 bridgehead atoms. The minimum atomic E-state index is -0.0746. The summed E-state index contributed by atoms with van der Waals surface area (Å²) in [5, 5.41) is 3.89. The Kier molecular flexibility index (Phi) is 5.35. The van der Waals surface area contributed by atoms with Crippen molar-refractivity contribution in [3.05, 3.63) is 53.1 Å². The van der Waals surface area contributed by atoms with Gasteiger partial charge in [-0.25, -0.2) is 0 Å². The third kappa shape index (κ3) is 3.53. The van der Waals surface area contributed by atoms with E-state index in [9.17, 15) is 4.79 Å². The lowest BCUT2D eigenvalue weighted by molar-refractivity contribution is 0.0722. The van der Waals surface area contributed by atoms with Crippen molar-refractivity contribution in [3.63, 3.8) is 0 Å². The van der Waals surface area contributed by atoms with Gasteiger partial charge in [0.1, 0.15) is 0 Å². The number of halogens is 1. The van der Waals surface area contributed by atoms with Crippen molar-refractivity contribution in [2.24, 2.45) is 0 Å². The number of benzene rings is 2. The Labute approximate surface area is 146 Å². The van der Waals surface area contributed by atoms with E-state index in [0.717, 1.165) is 11.4 Å². The molecule has 6 heteroatoms. The minimum Gasteiger partial charge on any atom is -0.382 e. The molecule has 1 N–H and O–H groups in total. The van der Waals surface area contributed by atoms with Crippen molar-refractivity contribution in [2.45, 2.75) is 0 Å². The SMILES string of the molecule is COCCOCCN1C(=O)c2ccc(Cl)cc2Nc2ccccc21. The molecule has 0 fully saturated rings. The van der Waals surface area contributed by atoms with Crippen LogP contribution < -0.4 is 10.2 Å². The lowest BCUT2D eigenvalue weighted by Crippen LogP contribution is -2.33. The summed E-state index contributed by atoms with van der Waals surface area (Å²) in [7, 11) is 1.63. The van der Waals surface area contributed by atoms with Crippen LogP contribution in [0.5, 0.6) is 0 Å². The van der Waals surface area contributed by atoms with Crippen LogP contribution in [-0.4, -0.2) is 39.4 Å². The quantitative estimate of drug-likeness (QED) is 0.810. The number of methoxy groups -OCH3 is 1. The van der Waals surface area contributed by atoms with Gasteiger partial charge >= 0.3 is 0 Å². The van der Waals surface area contributed by atoms with E-state index in [1.165, 1.54) is 0 Å². The first-order valence-electron chi connectivity index (χ1n) is 7.75. The van der Waals surface area contributed by atoms with E-state index >= 15 is 0 Å². The zero-order valence-corrected chi connectivity index (χ0v) is 14.2. The number of carbonyl (C=O) groups is 1. The van der Waals surface area contributed by atoms with Crippen LogP contribution in [0.25, 0.3) is 0 Å². The maximum atomic E-state index is 13.0. The molecule has 0 aliphatic carbocycles. The Morgan fingerprint density at radius 1 is 1.08 bits per heavy atom. The third-order valence-corrected chi connectivity index (χ3v) is 4.05. The molecule has 0 saturated heterocycles. The number of nitrogens with zero attached hydrogens (tertiary/aromatic N) is 1. The normalized spacial score (nSPS) is 13.1. The van der Waals surface area contributed by atoms with Crippen LogP contribution in [0.3, 0.4) is 0 Å². The molecule has 0 atom stereocenters. The number of amides is 1. The average molecular weight is 347 g/mol. The highest BCUT2D eigenvalue weighted by molar-refractivity contribution is 6.31. The molecule has 2 aromatic carbocycles. The summed E-state index contributed by atoms with van der Waals surface area (Å²) in [5.74, 6) is -0.0746. The first-order valence-corrected chi connectivity index (χ1v) is 8.12. The van der Waals surface area contributed by atoms with Crippen LogP contribution >= 0.6 is 11.6 Å². The van der Waals surface area contributed by atoms with Gasteiger partial charge < -0.3 is 19.7 Å². The summed E-state index contributed by atoms with van der Waals surface area (Å²) in [6.07, 6.45) is 0. The Morgan fingerprint density at radius 2 is 1.92 bits per heavy atom. The van der Waals surface area contributed by atoms with E-state index in [0.29, 0.717) is 42.6 Å². The molecular weight excluding hydrogens is 328 g/mol. The lowest BCUT2D eigenvalue weighted by atomic mass is 10.1. The second-order valence-corrected chi connectivity index (χ2v) is 5.83. The zero-order chi connectivity index (χ0) is 16.9. The summed E-state index contributed by atoms with van der Waals surface area (Å²) < 4.78 is 10.5. The molecular formula is C18H19ClN2O3. The van der Waals surface area contributed by atoms with Gasteiger partial charge in [-0.05, 0) is 30.3 Å². The molecule has 0 aromatic heterocycles. The molecule has 3 rings (SSSR count). The molecule has 5 nitrogen and oxygen atoms in total. The summed E-state index contributed by atoms with van der Waals surface area (Å²) in [4.78, 5) is 14.7. The summed E-state index contributed by atoms with van der Waals surface area (Å²) >= 11 is 6.08. The van der Waals surface area contributed by atoms with Gasteiger partial charge in [0, 0.05) is 18.7 Å². The molecule has 0 unspecified atom stereocenters. The molecule has 2 aromatic rings. The average Bonchev–Trinajstić information content (AvgIpc) is 2.69. The Bertz CT molecular complexity index is 736. The number of fused-ring (bicyclic) bond motifs is 2. The number of rotatable bonds is 6. The number of hydrogen-bond acceptors (Lipinski definition) is 4. The van der Waals surface area contributed by atoms with Crippen LogP contribution in [0.2, 0.25) is 5.02 Å². The van der Waals surface area contributed by atoms with E-state index in [4.69, 9.17) is 21.1 Å². The highest BCUT2D eigenvalue weighted by Crippen LogP contribution is 2.36. The fourth-order valence-corrected chi connectivity index (χ4v) is 2.82. The number of carbonyl (C=O) groups excluding carboxylic acids is 1. The minimum absolute atomic E-state index is 0.0746. The van der Waals surface area contributed by atoms with Gasteiger partial charge in [0.15, 0.2) is 0 Å². The van der Waals surface area contributed by atoms with E-state index in [2.05, 4.69) is 5.32 Å². The van der Waals surface area contributed by atoms with Crippen molar-refractivity contribution in [2.75, 3.05) is 43.7 Å². The zero-order valence-electron chi connectivity index (χ0n) is 13.4. The first-order chi connectivity index (χ1) is 11.7. The Hall–Kier alpha value is -2.08. The molecule has 126 valence electrons. The van der Waals surface area contributed by atoms with Gasteiger partial charge in [0.2, 0.25) is 0 Å². The van der Waals surface area contributed by atoms with E-state index in [-0.39, 0.29) is 5.91 Å². The molecule has 0 spiro atoms. The smallest absolute Gasteiger partial charge is 0.260 e. The predicted octanol–water partition coefficient (Wildman–Crippen LogP) is 3.71. The first kappa shape index (κ1) is 16.8. The van der Waals surface area contributed by atoms with E-state index < -0.39 is 0 Å². The number of para-hydroxylation sites is 2. The highest BCUT2D eigenvalue weighted by Gasteiger charge is 2.26. The lowest BCUT2D eigenvalue weighted by Gasteiger charge is -2.22. The number of hydrogen-bond donors (Lipinski definition) is 1. The maximum absolute atomic E-state index is 13.0. The fraction of sp³-hybridized carbons (Fsp3) is 0.278. The van der Waals surface area contributed by atoms with Crippen LogP contribution in [0.15, 0.2) is 42.5 Å². The van der Waals surface area contributed by atoms with Crippen molar-refractivity contribution in [1.82, 2.24) is 0 Å². The summed E-state index contributed by atoms with van der Waals surface area (Å²) in [6.45, 7) is 1.94. The van der Waals surface area contributed by atoms with Crippen LogP contribution in [0.4, 0.5) is 17.1 Å². The maximum Gasteiger partial charge on any atom is 0.260 e. The molecule has 1 aliphatic heterocycles. The molecule has 1 heterocycles. The van der Waals surface area contributed by atoms with Crippen molar-refractivity contribution in [1.29, 1.82) is 0 Å². The van der Waals surface area contributed by atoms with E-state index in [1.54, 1.807) is 30.2 Å². The van der Waals surface area contributed by atoms with Gasteiger partial charge in [0.05, 0.1) is 42.4 Å². The van der Waals surface area contributed by atoms with Gasteiger partial charge in [-0.2, -0.15) is 0 Å². The number of nitrogens with one attached hydrogen (secondary N) is 1. The largest absolute Gasteiger partial charge is 0.382 e. The van der Waals surface area contributed by atoms with Crippen LogP contribution in [-0.2, 0) is 9.47 Å². The summed E-state index contributed by atoms with van der Waals surface area (Å²) in [5.41, 5.74) is 2.99. The highest BCUT2D eigenvalue weighted by atomic mass is 35.5. The topological polar surface area (TPSA) is 50.8 Å². The van der Waals surface area contributed by atoms with Gasteiger partial charge in [0.25, 0.3) is 5.91 Å². The molecule has 0 saturated carbocycles. The van der Waals surface area contributed by atoms with Crippen molar-refractivity contribution < 1.29 is 14.3 Å². The van der Waals surface area contributed by atoms with Crippen LogP contribution in [0, 0.1) is 0 Å². The van der Waals surface area contributed by atoms with Gasteiger partial charge in [-0.3, -0.25) is 4.79 Å². The van der Waals surface area contributed by atoms with Crippen molar-refractivity contribution >= 4 is 34.6 Å². The monoisotopic (exact) mass is 346 g/mol. The predicted molar refractivity (Wildman–Crippen MR) is 95.5 cm³/mol. The van der Waals surface area contributed by atoms with Gasteiger partial charge in [-0.1, -0.05) is 23.7 Å². The third-order valence-electron chi connectivity index (χ3n) is 3.81. The summed E-state index contributed by atoms with van der Waals surface area (Å²) in [6, 6.07) is 12.9. The number of ether oxygens (including phenoxy) is 2. The second-order valence-electron chi connectivity index (χ2n) is 5.39. The Morgan fingerprint density at radius 3 is 2.75 bits per heavy atom. The standard InChI is InChI=1S/C18H19ClN2O3/c1-23-10-11-24-9-8-21-17-5-3-2-4-15(17)20-16-12-13(19)6-7-14(16)18(21)22/h2-7,12,20H,8-11H2,1H3. The number of anilines is 3. The second kappa shape index (κ2) is 7.66. The van der Waals surface area contributed by atoms with Gasteiger partial charge in [-0.15, -0.1) is 0 Å². The fourth-order valence-electron chi connectivity index (χ4n) is 2.64. The molecule has 1 amide bonds. The van der Waals surface area contributed by atoms with Crippen LogP contribution in [0.1, 0.15) is 10.4 Å². The molecule has 0 radical (unpaired) electrons.